The molecule has 1 saturated heterocycles. The van der Waals surface area contributed by atoms with Gasteiger partial charge in [0.25, 0.3) is 0 Å². The second-order valence-corrected chi connectivity index (χ2v) is 5.62. The Bertz CT molecular complexity index is 367. The van der Waals surface area contributed by atoms with E-state index in [0.29, 0.717) is 0 Å². The number of rotatable bonds is 6. The number of furan rings is 1. The Balaban J connectivity index is 1.83. The highest BCUT2D eigenvalue weighted by Gasteiger charge is 2.21. The molecule has 1 aliphatic heterocycles. The van der Waals surface area contributed by atoms with E-state index < -0.39 is 0 Å². The standard InChI is InChI=1S/C15H27N3O/c1-4-16-11-15-13(7-10-19-15)12-18-8-5-14(6-9-18)17(2)3/h7,10,14,16H,4-6,8-9,11-12H2,1-3H3. The van der Waals surface area contributed by atoms with Crippen molar-refractivity contribution in [2.24, 2.45) is 0 Å². The predicted octanol–water partition coefficient (Wildman–Crippen LogP) is 1.92. The molecule has 0 bridgehead atoms. The second-order valence-electron chi connectivity index (χ2n) is 5.62. The van der Waals surface area contributed by atoms with Crippen molar-refractivity contribution < 1.29 is 4.42 Å². The largest absolute Gasteiger partial charge is 0.468 e. The van der Waals surface area contributed by atoms with Gasteiger partial charge in [0, 0.05) is 18.2 Å². The quantitative estimate of drug-likeness (QED) is 0.851. The molecule has 1 aromatic rings. The predicted molar refractivity (Wildman–Crippen MR) is 78.1 cm³/mol. The van der Waals surface area contributed by atoms with Crippen LogP contribution in [0.15, 0.2) is 16.7 Å². The summed E-state index contributed by atoms with van der Waals surface area (Å²) in [6, 6.07) is 2.87. The lowest BCUT2D eigenvalue weighted by Gasteiger charge is -2.35. The third kappa shape index (κ3) is 4.06. The van der Waals surface area contributed by atoms with Gasteiger partial charge in [0.1, 0.15) is 5.76 Å². The van der Waals surface area contributed by atoms with E-state index in [2.05, 4.69) is 42.2 Å². The van der Waals surface area contributed by atoms with Crippen molar-refractivity contribution in [1.82, 2.24) is 15.1 Å². The van der Waals surface area contributed by atoms with Crippen LogP contribution in [0.2, 0.25) is 0 Å². The molecule has 4 heteroatoms. The van der Waals surface area contributed by atoms with Crippen LogP contribution in [0.25, 0.3) is 0 Å². The number of nitrogens with zero attached hydrogens (tertiary/aromatic N) is 2. The maximum atomic E-state index is 5.57. The van der Waals surface area contributed by atoms with E-state index in [-0.39, 0.29) is 0 Å². The number of likely N-dealkylation sites (tertiary alicyclic amines) is 1. The van der Waals surface area contributed by atoms with E-state index >= 15 is 0 Å². The minimum atomic E-state index is 0.752. The van der Waals surface area contributed by atoms with Crippen LogP contribution in [0.1, 0.15) is 31.1 Å². The van der Waals surface area contributed by atoms with Crippen LogP contribution >= 0.6 is 0 Å². The van der Waals surface area contributed by atoms with Gasteiger partial charge in [-0.15, -0.1) is 0 Å². The Morgan fingerprint density at radius 1 is 1.37 bits per heavy atom. The lowest BCUT2D eigenvalue weighted by atomic mass is 10.0. The van der Waals surface area contributed by atoms with Gasteiger partial charge in [-0.05, 0) is 52.6 Å². The average molecular weight is 265 g/mol. The Labute approximate surface area is 116 Å². The SMILES string of the molecule is CCNCc1occc1CN1CCC(N(C)C)CC1. The molecule has 0 aliphatic carbocycles. The summed E-state index contributed by atoms with van der Waals surface area (Å²) in [5, 5.41) is 3.33. The van der Waals surface area contributed by atoms with Crippen LogP contribution in [-0.2, 0) is 13.1 Å². The zero-order valence-corrected chi connectivity index (χ0v) is 12.5. The molecular formula is C15H27N3O. The molecule has 0 saturated carbocycles. The lowest BCUT2D eigenvalue weighted by molar-refractivity contribution is 0.139. The monoisotopic (exact) mass is 265 g/mol. The van der Waals surface area contributed by atoms with Crippen LogP contribution < -0.4 is 5.32 Å². The Hall–Kier alpha value is -0.840. The van der Waals surface area contributed by atoms with Gasteiger partial charge in [0.15, 0.2) is 0 Å². The molecule has 0 radical (unpaired) electrons. The highest BCUT2D eigenvalue weighted by atomic mass is 16.3. The average Bonchev–Trinajstić information content (AvgIpc) is 2.84. The zero-order chi connectivity index (χ0) is 13.7. The molecule has 108 valence electrons. The molecule has 0 spiro atoms. The van der Waals surface area contributed by atoms with E-state index in [1.807, 2.05) is 6.26 Å². The molecule has 0 amide bonds. The third-order valence-electron chi connectivity index (χ3n) is 4.05. The number of hydrogen-bond donors (Lipinski definition) is 1. The van der Waals surface area contributed by atoms with Crippen LogP contribution in [0.5, 0.6) is 0 Å². The molecule has 0 aromatic carbocycles. The van der Waals surface area contributed by atoms with Crippen molar-refractivity contribution in [3.05, 3.63) is 23.7 Å². The normalized spacial score (nSPS) is 18.3. The van der Waals surface area contributed by atoms with Gasteiger partial charge in [-0.25, -0.2) is 0 Å². The molecule has 2 rings (SSSR count). The summed E-state index contributed by atoms with van der Waals surface area (Å²) in [4.78, 5) is 4.89. The molecule has 1 aliphatic rings. The highest BCUT2D eigenvalue weighted by molar-refractivity contribution is 5.17. The van der Waals surface area contributed by atoms with E-state index in [0.717, 1.165) is 31.4 Å². The molecule has 2 heterocycles. The molecule has 1 fully saturated rings. The lowest BCUT2D eigenvalue weighted by Crippen LogP contribution is -2.41. The Morgan fingerprint density at radius 3 is 2.74 bits per heavy atom. The van der Waals surface area contributed by atoms with Crippen LogP contribution in [0, 0.1) is 0 Å². The fourth-order valence-electron chi connectivity index (χ4n) is 2.74. The van der Waals surface area contributed by atoms with Crippen molar-refractivity contribution in [2.75, 3.05) is 33.7 Å². The van der Waals surface area contributed by atoms with Crippen molar-refractivity contribution in [1.29, 1.82) is 0 Å². The summed E-state index contributed by atoms with van der Waals surface area (Å²) in [6.07, 6.45) is 4.36. The highest BCUT2D eigenvalue weighted by Crippen LogP contribution is 2.19. The first-order valence-electron chi connectivity index (χ1n) is 7.35. The van der Waals surface area contributed by atoms with Gasteiger partial charge in [-0.3, -0.25) is 4.90 Å². The fourth-order valence-corrected chi connectivity index (χ4v) is 2.74. The molecular weight excluding hydrogens is 238 g/mol. The van der Waals surface area contributed by atoms with Gasteiger partial charge < -0.3 is 14.6 Å². The van der Waals surface area contributed by atoms with E-state index in [1.165, 1.54) is 31.5 Å². The molecule has 1 N–H and O–H groups in total. The summed E-state index contributed by atoms with van der Waals surface area (Å²) in [6.45, 7) is 7.34. The Morgan fingerprint density at radius 2 is 2.11 bits per heavy atom. The maximum Gasteiger partial charge on any atom is 0.122 e. The second kappa shape index (κ2) is 7.08. The van der Waals surface area contributed by atoms with Gasteiger partial charge in [0.05, 0.1) is 12.8 Å². The van der Waals surface area contributed by atoms with Gasteiger partial charge in [0.2, 0.25) is 0 Å². The van der Waals surface area contributed by atoms with Crippen molar-refractivity contribution in [3.63, 3.8) is 0 Å². The van der Waals surface area contributed by atoms with Crippen molar-refractivity contribution >= 4 is 0 Å². The van der Waals surface area contributed by atoms with E-state index in [4.69, 9.17) is 4.42 Å². The van der Waals surface area contributed by atoms with Crippen molar-refractivity contribution in [3.8, 4) is 0 Å². The van der Waals surface area contributed by atoms with Crippen LogP contribution in [0.4, 0.5) is 0 Å². The van der Waals surface area contributed by atoms with E-state index in [1.54, 1.807) is 0 Å². The number of piperidine rings is 1. The first-order valence-corrected chi connectivity index (χ1v) is 7.35. The van der Waals surface area contributed by atoms with Gasteiger partial charge in [-0.2, -0.15) is 0 Å². The summed E-state index contributed by atoms with van der Waals surface area (Å²) >= 11 is 0. The summed E-state index contributed by atoms with van der Waals surface area (Å²) in [5.41, 5.74) is 1.34. The first-order chi connectivity index (χ1) is 9.20. The summed E-state index contributed by atoms with van der Waals surface area (Å²) in [7, 11) is 4.37. The first kappa shape index (κ1) is 14.6. The maximum absolute atomic E-state index is 5.57. The fraction of sp³-hybridized carbons (Fsp3) is 0.733. The van der Waals surface area contributed by atoms with Gasteiger partial charge >= 0.3 is 0 Å². The third-order valence-corrected chi connectivity index (χ3v) is 4.05. The zero-order valence-electron chi connectivity index (χ0n) is 12.5. The van der Waals surface area contributed by atoms with Crippen molar-refractivity contribution in [2.45, 2.75) is 38.9 Å². The van der Waals surface area contributed by atoms with Crippen LogP contribution in [-0.4, -0.2) is 49.6 Å². The minimum Gasteiger partial charge on any atom is -0.468 e. The van der Waals surface area contributed by atoms with E-state index in [9.17, 15) is 0 Å². The topological polar surface area (TPSA) is 31.7 Å². The summed E-state index contributed by atoms with van der Waals surface area (Å²) in [5.74, 6) is 1.09. The summed E-state index contributed by atoms with van der Waals surface area (Å²) < 4.78 is 5.57. The Kier molecular flexibility index (Phi) is 5.43. The molecule has 0 unspecified atom stereocenters. The number of hydrogen-bond acceptors (Lipinski definition) is 4. The van der Waals surface area contributed by atoms with Gasteiger partial charge in [-0.1, -0.05) is 6.92 Å². The minimum absolute atomic E-state index is 0.752. The molecule has 4 nitrogen and oxygen atoms in total. The van der Waals surface area contributed by atoms with Crippen LogP contribution in [0.3, 0.4) is 0 Å². The molecule has 1 aromatic heterocycles. The smallest absolute Gasteiger partial charge is 0.122 e. The number of nitrogens with one attached hydrogen (secondary N) is 1. The molecule has 0 atom stereocenters. The molecule has 19 heavy (non-hydrogen) atoms.